The van der Waals surface area contributed by atoms with Crippen molar-refractivity contribution in [3.63, 3.8) is 0 Å². The monoisotopic (exact) mass is 287 g/mol. The minimum Gasteiger partial charge on any atom is -0.330 e. The van der Waals surface area contributed by atoms with Crippen molar-refractivity contribution >= 4 is 0 Å². The summed E-state index contributed by atoms with van der Waals surface area (Å²) in [6.45, 7) is 17.5. The molecular weight excluding hydrogens is 246 g/mol. The molecule has 0 aromatic heterocycles. The number of hydrogen-bond acceptors (Lipinski definition) is 3. The molecule has 0 aliphatic rings. The second kappa shape index (κ2) is 11.5. The van der Waals surface area contributed by atoms with E-state index in [0.29, 0.717) is 5.41 Å². The Hall–Kier alpha value is -0.120. The summed E-state index contributed by atoms with van der Waals surface area (Å²) in [4.78, 5) is 2.43. The van der Waals surface area contributed by atoms with Gasteiger partial charge in [0.25, 0.3) is 0 Å². The van der Waals surface area contributed by atoms with E-state index in [4.69, 9.17) is 5.73 Å². The van der Waals surface area contributed by atoms with Gasteiger partial charge in [0.15, 0.2) is 0 Å². The van der Waals surface area contributed by atoms with Gasteiger partial charge in [-0.3, -0.25) is 0 Å². The molecule has 0 aromatic carbocycles. The summed E-state index contributed by atoms with van der Waals surface area (Å²) in [5.74, 6) is 0. The van der Waals surface area contributed by atoms with Crippen LogP contribution in [0.4, 0.5) is 0 Å². The number of hydrogen-bond donors (Lipinski definition) is 2. The Morgan fingerprint density at radius 3 is 1.70 bits per heavy atom. The normalized spacial score (nSPS) is 12.3. The molecule has 0 atom stereocenters. The van der Waals surface area contributed by atoms with Crippen molar-refractivity contribution in [2.75, 3.05) is 40.3 Å². The van der Waals surface area contributed by atoms with Crippen molar-refractivity contribution in [3.8, 4) is 0 Å². The van der Waals surface area contributed by atoms with Crippen LogP contribution in [-0.2, 0) is 0 Å². The first-order valence-electron chi connectivity index (χ1n) is 8.17. The third-order valence-corrected chi connectivity index (χ3v) is 3.55. The molecule has 20 heavy (non-hydrogen) atoms. The van der Waals surface area contributed by atoms with E-state index in [1.165, 1.54) is 19.3 Å². The van der Waals surface area contributed by atoms with E-state index in [-0.39, 0.29) is 5.41 Å². The van der Waals surface area contributed by atoms with Crippen LogP contribution in [-0.4, -0.2) is 45.2 Å². The van der Waals surface area contributed by atoms with E-state index >= 15 is 0 Å². The predicted molar refractivity (Wildman–Crippen MR) is 93.2 cm³/mol. The van der Waals surface area contributed by atoms with E-state index in [9.17, 15) is 0 Å². The van der Waals surface area contributed by atoms with Gasteiger partial charge in [0.1, 0.15) is 0 Å². The van der Waals surface area contributed by atoms with Crippen LogP contribution in [0.2, 0.25) is 0 Å². The highest BCUT2D eigenvalue weighted by Gasteiger charge is 2.19. The van der Waals surface area contributed by atoms with E-state index in [1.807, 2.05) is 7.05 Å². The third-order valence-electron chi connectivity index (χ3n) is 3.55. The summed E-state index contributed by atoms with van der Waals surface area (Å²) >= 11 is 0. The second-order valence-electron chi connectivity index (χ2n) is 7.57. The lowest BCUT2D eigenvalue weighted by molar-refractivity contribution is 0.215. The molecule has 3 nitrogen and oxygen atoms in total. The highest BCUT2D eigenvalue weighted by Crippen LogP contribution is 2.21. The van der Waals surface area contributed by atoms with Crippen LogP contribution < -0.4 is 11.1 Å². The fourth-order valence-electron chi connectivity index (χ4n) is 1.77. The molecule has 0 fully saturated rings. The Labute approximate surface area is 128 Å². The molecule has 0 spiro atoms. The maximum atomic E-state index is 5.75. The fourth-order valence-corrected chi connectivity index (χ4v) is 1.77. The van der Waals surface area contributed by atoms with Crippen molar-refractivity contribution < 1.29 is 0 Å². The van der Waals surface area contributed by atoms with Gasteiger partial charge in [-0.15, -0.1) is 0 Å². The minimum absolute atomic E-state index is 0.273. The van der Waals surface area contributed by atoms with Gasteiger partial charge in [0, 0.05) is 0 Å². The lowest BCUT2D eigenvalue weighted by Crippen LogP contribution is -2.34. The van der Waals surface area contributed by atoms with Gasteiger partial charge in [0.05, 0.1) is 0 Å². The zero-order valence-electron chi connectivity index (χ0n) is 15.5. The van der Waals surface area contributed by atoms with Crippen LogP contribution in [0.25, 0.3) is 0 Å². The first kappa shape index (κ1) is 22.2. The molecule has 3 N–H and O–H groups in total. The van der Waals surface area contributed by atoms with E-state index in [0.717, 1.165) is 26.2 Å². The Bertz CT molecular complexity index is 212. The SMILES string of the molecule is CCC.CNCC(C)(C)CCN(C)CCC(C)(C)CN. The number of nitrogens with zero attached hydrogens (tertiary/aromatic N) is 1. The maximum absolute atomic E-state index is 5.75. The van der Waals surface area contributed by atoms with Gasteiger partial charge in [-0.05, 0) is 63.9 Å². The molecule has 0 amide bonds. The largest absolute Gasteiger partial charge is 0.330 e. The predicted octanol–water partition coefficient (Wildman–Crippen LogP) is 3.35. The molecule has 0 unspecified atom stereocenters. The lowest BCUT2D eigenvalue weighted by atomic mass is 9.88. The van der Waals surface area contributed by atoms with Gasteiger partial charge in [0.2, 0.25) is 0 Å². The van der Waals surface area contributed by atoms with E-state index in [2.05, 4.69) is 58.8 Å². The highest BCUT2D eigenvalue weighted by molar-refractivity contribution is 4.74. The van der Waals surface area contributed by atoms with Crippen molar-refractivity contribution in [2.45, 2.75) is 60.8 Å². The van der Waals surface area contributed by atoms with Crippen LogP contribution in [0.1, 0.15) is 60.8 Å². The Morgan fingerprint density at radius 2 is 1.35 bits per heavy atom. The van der Waals surface area contributed by atoms with Crippen molar-refractivity contribution in [2.24, 2.45) is 16.6 Å². The van der Waals surface area contributed by atoms with Crippen LogP contribution in [0.15, 0.2) is 0 Å². The smallest absolute Gasteiger partial charge is 0.00000102 e. The van der Waals surface area contributed by atoms with Gasteiger partial charge in [-0.2, -0.15) is 0 Å². The average molecular weight is 288 g/mol. The minimum atomic E-state index is 0.273. The second-order valence-corrected chi connectivity index (χ2v) is 7.57. The van der Waals surface area contributed by atoms with E-state index < -0.39 is 0 Å². The van der Waals surface area contributed by atoms with Gasteiger partial charge in [-0.1, -0.05) is 48.0 Å². The van der Waals surface area contributed by atoms with Crippen molar-refractivity contribution in [3.05, 3.63) is 0 Å². The topological polar surface area (TPSA) is 41.3 Å². The zero-order valence-corrected chi connectivity index (χ0v) is 15.5. The van der Waals surface area contributed by atoms with E-state index in [1.54, 1.807) is 0 Å². The summed E-state index contributed by atoms with van der Waals surface area (Å²) < 4.78 is 0. The lowest BCUT2D eigenvalue weighted by Gasteiger charge is -2.29. The molecule has 3 heteroatoms. The van der Waals surface area contributed by atoms with Crippen molar-refractivity contribution in [1.29, 1.82) is 0 Å². The quantitative estimate of drug-likeness (QED) is 0.683. The molecule has 0 saturated carbocycles. The van der Waals surface area contributed by atoms with Gasteiger partial charge < -0.3 is 16.0 Å². The molecule has 0 radical (unpaired) electrons. The number of rotatable bonds is 9. The Balaban J connectivity index is 0. The Morgan fingerprint density at radius 1 is 0.950 bits per heavy atom. The first-order chi connectivity index (χ1) is 9.14. The van der Waals surface area contributed by atoms with Crippen LogP contribution in [0, 0.1) is 10.8 Å². The molecular formula is C17H41N3. The van der Waals surface area contributed by atoms with Crippen molar-refractivity contribution in [1.82, 2.24) is 10.2 Å². The van der Waals surface area contributed by atoms with Crippen LogP contribution in [0.3, 0.4) is 0 Å². The zero-order chi connectivity index (χ0) is 16.2. The number of nitrogens with two attached hydrogens (primary N) is 1. The first-order valence-corrected chi connectivity index (χ1v) is 8.17. The number of nitrogens with one attached hydrogen (secondary N) is 1. The van der Waals surface area contributed by atoms with Crippen LogP contribution in [0.5, 0.6) is 0 Å². The molecule has 0 aliphatic carbocycles. The summed E-state index contributed by atoms with van der Waals surface area (Å²) in [5, 5.41) is 3.26. The summed E-state index contributed by atoms with van der Waals surface area (Å²) in [5.41, 5.74) is 6.40. The summed E-state index contributed by atoms with van der Waals surface area (Å²) in [7, 11) is 4.23. The Kier molecular flexibility index (Phi) is 12.8. The van der Waals surface area contributed by atoms with Gasteiger partial charge in [-0.25, -0.2) is 0 Å². The fraction of sp³-hybridized carbons (Fsp3) is 1.00. The molecule has 0 heterocycles. The summed E-state index contributed by atoms with van der Waals surface area (Å²) in [6, 6.07) is 0. The molecule has 0 saturated heterocycles. The molecule has 0 rings (SSSR count). The highest BCUT2D eigenvalue weighted by atomic mass is 15.1. The average Bonchev–Trinajstić information content (AvgIpc) is 2.35. The molecule has 0 bridgehead atoms. The van der Waals surface area contributed by atoms with Gasteiger partial charge >= 0.3 is 0 Å². The maximum Gasteiger partial charge on any atom is -0.00000102 e. The molecule has 124 valence electrons. The third kappa shape index (κ3) is 14.3. The molecule has 0 aliphatic heterocycles. The summed E-state index contributed by atoms with van der Waals surface area (Å²) in [6.07, 6.45) is 3.65. The molecule has 0 aromatic rings. The standard InChI is InChI=1S/C14H33N3.C3H8/c1-13(2,11-15)7-9-17(6)10-8-14(3,4)12-16-5;1-3-2/h16H,7-12,15H2,1-6H3;3H2,1-2H3. The van der Waals surface area contributed by atoms with Crippen LogP contribution >= 0.6 is 0 Å².